The van der Waals surface area contributed by atoms with E-state index in [1.807, 2.05) is 0 Å². The molecule has 0 aliphatic rings. The number of halogens is 3. The average Bonchev–Trinajstić information content (AvgIpc) is 2.42. The summed E-state index contributed by atoms with van der Waals surface area (Å²) in [5.74, 6) is -0.476. The molecule has 0 aliphatic heterocycles. The summed E-state index contributed by atoms with van der Waals surface area (Å²) in [6, 6.07) is 10.9. The van der Waals surface area contributed by atoms with Gasteiger partial charge in [0.05, 0.1) is 5.69 Å². The molecule has 0 atom stereocenters. The van der Waals surface area contributed by atoms with Crippen molar-refractivity contribution in [2.45, 2.75) is 0 Å². The van der Waals surface area contributed by atoms with Crippen molar-refractivity contribution in [2.75, 3.05) is 5.32 Å². The summed E-state index contributed by atoms with van der Waals surface area (Å²) in [6.45, 7) is 0. The van der Waals surface area contributed by atoms with Crippen LogP contribution in [-0.4, -0.2) is 5.78 Å². The first-order valence-corrected chi connectivity index (χ1v) is 6.91. The number of hydrogen-bond acceptors (Lipinski definition) is 2. The van der Waals surface area contributed by atoms with Crippen LogP contribution in [0.2, 0.25) is 5.02 Å². The summed E-state index contributed by atoms with van der Waals surface area (Å²) in [7, 11) is 0. The summed E-state index contributed by atoms with van der Waals surface area (Å²) in [6.07, 6.45) is 2.91. The molecule has 0 spiro atoms. The Bertz CT molecular complexity index is 655. The van der Waals surface area contributed by atoms with Crippen molar-refractivity contribution in [3.05, 3.63) is 75.6 Å². The van der Waals surface area contributed by atoms with Crippen LogP contribution < -0.4 is 5.32 Å². The van der Waals surface area contributed by atoms with Gasteiger partial charge in [-0.2, -0.15) is 0 Å². The molecule has 0 aromatic heterocycles. The van der Waals surface area contributed by atoms with E-state index in [2.05, 4.69) is 21.2 Å². The zero-order chi connectivity index (χ0) is 14.5. The molecule has 2 aromatic rings. The van der Waals surface area contributed by atoms with Crippen LogP contribution in [0.4, 0.5) is 10.1 Å². The number of anilines is 1. The quantitative estimate of drug-likeness (QED) is 0.615. The summed E-state index contributed by atoms with van der Waals surface area (Å²) < 4.78 is 13.5. The molecule has 0 amide bonds. The van der Waals surface area contributed by atoms with Gasteiger partial charge >= 0.3 is 0 Å². The van der Waals surface area contributed by atoms with E-state index in [0.29, 0.717) is 20.7 Å². The topological polar surface area (TPSA) is 29.1 Å². The Morgan fingerprint density at radius 1 is 1.20 bits per heavy atom. The van der Waals surface area contributed by atoms with Crippen LogP contribution in [0, 0.1) is 5.82 Å². The molecule has 0 saturated carbocycles. The van der Waals surface area contributed by atoms with E-state index in [9.17, 15) is 9.18 Å². The smallest absolute Gasteiger partial charge is 0.187 e. The Balaban J connectivity index is 2.02. The van der Waals surface area contributed by atoms with E-state index in [1.165, 1.54) is 24.4 Å². The lowest BCUT2D eigenvalue weighted by Crippen LogP contribution is -1.96. The third kappa shape index (κ3) is 3.92. The summed E-state index contributed by atoms with van der Waals surface area (Å²) >= 11 is 8.98. The number of rotatable bonds is 4. The van der Waals surface area contributed by atoms with Gasteiger partial charge < -0.3 is 5.32 Å². The van der Waals surface area contributed by atoms with Crippen molar-refractivity contribution in [2.24, 2.45) is 0 Å². The molecule has 2 rings (SSSR count). The molecule has 20 heavy (non-hydrogen) atoms. The molecular formula is C15H10BrClFNO. The zero-order valence-electron chi connectivity index (χ0n) is 10.2. The van der Waals surface area contributed by atoms with Crippen molar-refractivity contribution in [1.82, 2.24) is 0 Å². The fourth-order valence-electron chi connectivity index (χ4n) is 1.52. The SMILES string of the molecule is O=C(/C=C\Nc1ccc(F)cc1Br)c1ccc(Cl)cc1. The fraction of sp³-hybridized carbons (Fsp3) is 0. The van der Waals surface area contributed by atoms with Gasteiger partial charge in [0.1, 0.15) is 5.82 Å². The lowest BCUT2D eigenvalue weighted by Gasteiger charge is -2.03. The highest BCUT2D eigenvalue weighted by Gasteiger charge is 2.02. The number of carbonyl (C=O) groups excluding carboxylic acids is 1. The Labute approximate surface area is 129 Å². The number of carbonyl (C=O) groups is 1. The Morgan fingerprint density at radius 3 is 2.55 bits per heavy atom. The van der Waals surface area contributed by atoms with E-state index in [4.69, 9.17) is 11.6 Å². The third-order valence-corrected chi connectivity index (χ3v) is 3.44. The summed E-state index contributed by atoms with van der Waals surface area (Å²) in [4.78, 5) is 11.8. The van der Waals surface area contributed by atoms with Crippen molar-refractivity contribution in [1.29, 1.82) is 0 Å². The molecule has 0 saturated heterocycles. The van der Waals surface area contributed by atoms with Gasteiger partial charge in [-0.1, -0.05) is 11.6 Å². The van der Waals surface area contributed by atoms with Gasteiger partial charge in [0, 0.05) is 27.3 Å². The van der Waals surface area contributed by atoms with Gasteiger partial charge in [0.15, 0.2) is 5.78 Å². The highest BCUT2D eigenvalue weighted by Crippen LogP contribution is 2.22. The first kappa shape index (κ1) is 14.8. The fourth-order valence-corrected chi connectivity index (χ4v) is 2.12. The normalized spacial score (nSPS) is 10.8. The summed E-state index contributed by atoms with van der Waals surface area (Å²) in [5, 5.41) is 3.49. The van der Waals surface area contributed by atoms with Gasteiger partial charge in [0.2, 0.25) is 0 Å². The van der Waals surface area contributed by atoms with Crippen molar-refractivity contribution >= 4 is 39.0 Å². The van der Waals surface area contributed by atoms with Crippen LogP contribution in [0.1, 0.15) is 10.4 Å². The Hall–Kier alpha value is -1.65. The number of benzene rings is 2. The van der Waals surface area contributed by atoms with Gasteiger partial charge in [-0.3, -0.25) is 4.79 Å². The van der Waals surface area contributed by atoms with Crippen molar-refractivity contribution in [3.63, 3.8) is 0 Å². The monoisotopic (exact) mass is 353 g/mol. The van der Waals surface area contributed by atoms with Crippen LogP contribution >= 0.6 is 27.5 Å². The number of hydrogen-bond donors (Lipinski definition) is 1. The maximum absolute atomic E-state index is 12.9. The zero-order valence-corrected chi connectivity index (χ0v) is 12.6. The van der Waals surface area contributed by atoms with E-state index < -0.39 is 0 Å². The maximum Gasteiger partial charge on any atom is 0.187 e. The summed E-state index contributed by atoms with van der Waals surface area (Å²) in [5.41, 5.74) is 1.22. The van der Waals surface area contributed by atoms with Gasteiger partial charge in [-0.25, -0.2) is 4.39 Å². The highest BCUT2D eigenvalue weighted by molar-refractivity contribution is 9.10. The number of allylic oxidation sites excluding steroid dienone is 1. The molecule has 0 radical (unpaired) electrons. The maximum atomic E-state index is 12.9. The van der Waals surface area contributed by atoms with Crippen LogP contribution in [0.15, 0.2) is 59.2 Å². The minimum absolute atomic E-state index is 0.146. The van der Waals surface area contributed by atoms with E-state index >= 15 is 0 Å². The molecule has 2 aromatic carbocycles. The molecule has 0 heterocycles. The molecular weight excluding hydrogens is 345 g/mol. The van der Waals surface area contributed by atoms with Gasteiger partial charge in [-0.05, 0) is 58.4 Å². The second kappa shape index (κ2) is 6.68. The minimum atomic E-state index is -0.330. The van der Waals surface area contributed by atoms with Gasteiger partial charge in [-0.15, -0.1) is 0 Å². The first-order chi connectivity index (χ1) is 9.56. The number of ketones is 1. The molecule has 0 bridgehead atoms. The molecule has 0 aliphatic carbocycles. The van der Waals surface area contributed by atoms with E-state index in [1.54, 1.807) is 30.3 Å². The predicted molar refractivity (Wildman–Crippen MR) is 82.6 cm³/mol. The molecule has 1 N–H and O–H groups in total. The van der Waals surface area contributed by atoms with E-state index in [0.717, 1.165) is 0 Å². The largest absolute Gasteiger partial charge is 0.361 e. The molecule has 102 valence electrons. The average molecular weight is 355 g/mol. The third-order valence-electron chi connectivity index (χ3n) is 2.53. The Kier molecular flexibility index (Phi) is 4.93. The van der Waals surface area contributed by atoms with Crippen LogP contribution in [0.25, 0.3) is 0 Å². The van der Waals surface area contributed by atoms with Gasteiger partial charge in [0.25, 0.3) is 0 Å². The lowest BCUT2D eigenvalue weighted by molar-refractivity contribution is 0.104. The van der Waals surface area contributed by atoms with E-state index in [-0.39, 0.29) is 11.6 Å². The highest BCUT2D eigenvalue weighted by atomic mass is 79.9. The lowest BCUT2D eigenvalue weighted by atomic mass is 10.1. The van der Waals surface area contributed by atoms with Crippen LogP contribution in [0.5, 0.6) is 0 Å². The first-order valence-electron chi connectivity index (χ1n) is 5.74. The molecule has 0 fully saturated rings. The predicted octanol–water partition coefficient (Wildman–Crippen LogP) is 5.05. The minimum Gasteiger partial charge on any atom is -0.361 e. The second-order valence-corrected chi connectivity index (χ2v) is 5.26. The standard InChI is InChI=1S/C15H10BrClFNO/c16-13-9-12(18)5-6-14(13)19-8-7-15(20)10-1-3-11(17)4-2-10/h1-9,19H/b8-7-. The van der Waals surface area contributed by atoms with Crippen molar-refractivity contribution in [3.8, 4) is 0 Å². The second-order valence-electron chi connectivity index (χ2n) is 3.97. The van der Waals surface area contributed by atoms with Crippen LogP contribution in [0.3, 0.4) is 0 Å². The molecule has 2 nitrogen and oxygen atoms in total. The van der Waals surface area contributed by atoms with Crippen LogP contribution in [-0.2, 0) is 0 Å². The van der Waals surface area contributed by atoms with Crippen molar-refractivity contribution < 1.29 is 9.18 Å². The molecule has 0 unspecified atom stereocenters. The Morgan fingerprint density at radius 2 is 1.90 bits per heavy atom. The molecule has 5 heteroatoms. The number of nitrogens with one attached hydrogen (secondary N) is 1.